The van der Waals surface area contributed by atoms with Crippen molar-refractivity contribution < 1.29 is 0 Å². The number of hydrogen-bond donors (Lipinski definition) is 0. The van der Waals surface area contributed by atoms with Crippen LogP contribution < -0.4 is 4.90 Å². The number of rotatable bonds is 10. The van der Waals surface area contributed by atoms with E-state index in [1.165, 1.54) is 22.4 Å². The van der Waals surface area contributed by atoms with Crippen molar-refractivity contribution >= 4 is 5.69 Å². The number of nitrogens with zero attached hydrogens (tertiary/aromatic N) is 2. The van der Waals surface area contributed by atoms with E-state index in [9.17, 15) is 0 Å². The summed E-state index contributed by atoms with van der Waals surface area (Å²) in [7, 11) is 0. The molecule has 1 aliphatic rings. The highest BCUT2D eigenvalue weighted by Gasteiger charge is 2.40. The van der Waals surface area contributed by atoms with Crippen LogP contribution in [0.4, 0.5) is 5.69 Å². The first-order chi connectivity index (χ1) is 18.9. The van der Waals surface area contributed by atoms with Crippen LogP contribution in [0.2, 0.25) is 0 Å². The van der Waals surface area contributed by atoms with Gasteiger partial charge in [0, 0.05) is 43.0 Å². The second-order valence-electron chi connectivity index (χ2n) is 8.33. The van der Waals surface area contributed by atoms with Crippen molar-refractivity contribution in [3.63, 3.8) is 0 Å². The predicted octanol–water partition coefficient (Wildman–Crippen LogP) is 10.1. The highest BCUT2D eigenvalue weighted by molar-refractivity contribution is 5.64. The lowest BCUT2D eigenvalue weighted by molar-refractivity contribution is 0.395. The van der Waals surface area contributed by atoms with Crippen molar-refractivity contribution in [2.75, 3.05) is 31.1 Å². The van der Waals surface area contributed by atoms with E-state index < -0.39 is 0 Å². The van der Waals surface area contributed by atoms with Gasteiger partial charge in [-0.3, -0.25) is 0 Å². The quantitative estimate of drug-likeness (QED) is 0.219. The first-order valence-corrected chi connectivity index (χ1v) is 15.1. The fourth-order valence-corrected chi connectivity index (χ4v) is 4.65. The van der Waals surface area contributed by atoms with Crippen LogP contribution in [0, 0.1) is 11.8 Å². The van der Waals surface area contributed by atoms with Crippen LogP contribution in [-0.2, 0) is 11.8 Å². The summed E-state index contributed by atoms with van der Waals surface area (Å²) in [6.45, 7) is 39.2. The molecule has 216 valence electrons. The Labute approximate surface area is 243 Å². The average molecular weight is 531 g/mol. The maximum atomic E-state index is 4.48. The molecular formula is C37H58N2. The lowest BCUT2D eigenvalue weighted by atomic mass is 9.74. The summed E-state index contributed by atoms with van der Waals surface area (Å²) < 4.78 is 0. The second-order valence-corrected chi connectivity index (χ2v) is 8.33. The van der Waals surface area contributed by atoms with Crippen molar-refractivity contribution in [2.45, 2.75) is 88.0 Å². The van der Waals surface area contributed by atoms with Crippen LogP contribution in [0.5, 0.6) is 0 Å². The number of anilines is 1. The number of allylic oxidation sites excluding steroid dienone is 8. The van der Waals surface area contributed by atoms with Crippen LogP contribution in [0.1, 0.15) is 87.3 Å². The number of fused-ring (bicyclic) bond motifs is 1. The third-order valence-electron chi connectivity index (χ3n) is 6.77. The molecule has 0 heterocycles. The molecule has 0 N–H and O–H groups in total. The number of hydrogen-bond acceptors (Lipinski definition) is 2. The van der Waals surface area contributed by atoms with E-state index in [0.29, 0.717) is 0 Å². The molecular weight excluding hydrogens is 472 g/mol. The zero-order valence-electron chi connectivity index (χ0n) is 27.2. The highest BCUT2D eigenvalue weighted by atomic mass is 15.1. The molecule has 1 aromatic carbocycles. The Kier molecular flexibility index (Phi) is 21.1. The summed E-state index contributed by atoms with van der Waals surface area (Å²) in [5.74, 6) is 5.89. The van der Waals surface area contributed by atoms with Crippen LogP contribution in [0.3, 0.4) is 0 Å². The van der Waals surface area contributed by atoms with Crippen LogP contribution >= 0.6 is 0 Å². The number of likely N-dealkylation sites (N-methyl/N-ethyl adjacent to an activating group) is 1. The standard InChI is InChI=1S/C31H40N2.3C2H6/c1-9-15-16-17-18-25(7)31(8)27(19-20-28(10-2)32(11-3)12-4)23-26-24-29(21-22-30(26)31)33(13-5)14-6;3*1-2/h9-10,17-22,24H,1-2,7,11-14,23H2,3-6,8H3;3*1-2H3/b18-17-,27-19+,28-20+;;;. The molecule has 1 atom stereocenters. The van der Waals surface area contributed by atoms with Crippen molar-refractivity contribution in [2.24, 2.45) is 0 Å². The SMILES string of the molecule is C=CC#C/C=C\C(=C)C1(C)/C(=C/C=C(\C=C)N(CC)CC)Cc2cc(N(CC)CC)ccc21.CC.CC.CC. The van der Waals surface area contributed by atoms with E-state index in [2.05, 4.69) is 106 Å². The molecule has 39 heavy (non-hydrogen) atoms. The Balaban J connectivity index is 0. The first kappa shape index (κ1) is 38.0. The normalized spacial score (nSPS) is 16.2. The van der Waals surface area contributed by atoms with Gasteiger partial charge in [0.2, 0.25) is 0 Å². The fourth-order valence-electron chi connectivity index (χ4n) is 4.65. The summed E-state index contributed by atoms with van der Waals surface area (Å²) in [4.78, 5) is 4.72. The van der Waals surface area contributed by atoms with Gasteiger partial charge in [0.05, 0.1) is 0 Å². The zero-order chi connectivity index (χ0) is 30.4. The molecule has 1 unspecified atom stereocenters. The van der Waals surface area contributed by atoms with Gasteiger partial charge in [0.15, 0.2) is 0 Å². The smallest absolute Gasteiger partial charge is 0.0386 e. The molecule has 0 fully saturated rings. The molecule has 0 radical (unpaired) electrons. The third-order valence-corrected chi connectivity index (χ3v) is 6.77. The molecule has 0 saturated heterocycles. The summed E-state index contributed by atoms with van der Waals surface area (Å²) in [6, 6.07) is 6.90. The van der Waals surface area contributed by atoms with E-state index in [1.807, 2.05) is 59.8 Å². The second kappa shape index (κ2) is 21.7. The largest absolute Gasteiger partial charge is 0.372 e. The van der Waals surface area contributed by atoms with E-state index in [-0.39, 0.29) is 5.41 Å². The molecule has 2 heteroatoms. The molecule has 0 spiro atoms. The minimum atomic E-state index is -0.282. The first-order valence-electron chi connectivity index (χ1n) is 15.1. The predicted molar refractivity (Wildman–Crippen MR) is 181 cm³/mol. The molecule has 1 aliphatic carbocycles. The van der Waals surface area contributed by atoms with Gasteiger partial charge in [-0.15, -0.1) is 0 Å². The summed E-state index contributed by atoms with van der Waals surface area (Å²) >= 11 is 0. The molecule has 2 nitrogen and oxygen atoms in total. The molecule has 2 rings (SSSR count). The molecule has 0 aromatic heterocycles. The van der Waals surface area contributed by atoms with E-state index in [4.69, 9.17) is 0 Å². The molecule has 0 amide bonds. The summed E-state index contributed by atoms with van der Waals surface area (Å²) in [6.07, 6.45) is 12.9. The van der Waals surface area contributed by atoms with Crippen molar-refractivity contribution in [3.05, 3.63) is 102 Å². The monoisotopic (exact) mass is 530 g/mol. The van der Waals surface area contributed by atoms with Gasteiger partial charge in [0.1, 0.15) is 0 Å². The van der Waals surface area contributed by atoms with Gasteiger partial charge >= 0.3 is 0 Å². The van der Waals surface area contributed by atoms with Gasteiger partial charge < -0.3 is 9.80 Å². The van der Waals surface area contributed by atoms with Gasteiger partial charge in [-0.2, -0.15) is 0 Å². The molecule has 0 bridgehead atoms. The zero-order valence-corrected chi connectivity index (χ0v) is 27.2. The minimum absolute atomic E-state index is 0.282. The number of benzene rings is 1. The van der Waals surface area contributed by atoms with Crippen LogP contribution in [-0.4, -0.2) is 31.1 Å². The highest BCUT2D eigenvalue weighted by Crippen LogP contribution is 2.48. The van der Waals surface area contributed by atoms with Crippen LogP contribution in [0.15, 0.2) is 91.2 Å². The fraction of sp³-hybridized carbons (Fsp3) is 0.459. The topological polar surface area (TPSA) is 6.48 Å². The van der Waals surface area contributed by atoms with Gasteiger partial charge in [-0.05, 0) is 94.2 Å². The van der Waals surface area contributed by atoms with Gasteiger partial charge in [-0.1, -0.05) is 96.9 Å². The molecule has 0 aliphatic heterocycles. The Morgan fingerprint density at radius 3 is 2.00 bits per heavy atom. The van der Waals surface area contributed by atoms with Gasteiger partial charge in [-0.25, -0.2) is 0 Å². The van der Waals surface area contributed by atoms with Crippen molar-refractivity contribution in [3.8, 4) is 11.8 Å². The minimum Gasteiger partial charge on any atom is -0.372 e. The maximum Gasteiger partial charge on any atom is 0.0386 e. The maximum absolute atomic E-state index is 4.48. The van der Waals surface area contributed by atoms with Crippen LogP contribution in [0.25, 0.3) is 0 Å². The van der Waals surface area contributed by atoms with Crippen molar-refractivity contribution in [1.82, 2.24) is 4.90 Å². The average Bonchev–Trinajstić information content (AvgIpc) is 3.28. The Hall–Kier alpha value is -3.18. The lowest BCUT2D eigenvalue weighted by Crippen LogP contribution is -2.24. The Morgan fingerprint density at radius 2 is 1.51 bits per heavy atom. The van der Waals surface area contributed by atoms with E-state index in [1.54, 1.807) is 6.08 Å². The lowest BCUT2D eigenvalue weighted by Gasteiger charge is -2.30. The molecule has 0 saturated carbocycles. The Bertz CT molecular complexity index is 1020. The summed E-state index contributed by atoms with van der Waals surface area (Å²) in [5.41, 5.74) is 7.22. The Morgan fingerprint density at radius 1 is 0.923 bits per heavy atom. The summed E-state index contributed by atoms with van der Waals surface area (Å²) in [5, 5.41) is 0. The van der Waals surface area contributed by atoms with Gasteiger partial charge in [0.25, 0.3) is 0 Å². The van der Waals surface area contributed by atoms with E-state index in [0.717, 1.165) is 43.9 Å². The van der Waals surface area contributed by atoms with Crippen molar-refractivity contribution in [1.29, 1.82) is 0 Å². The third kappa shape index (κ3) is 10.1. The van der Waals surface area contributed by atoms with E-state index >= 15 is 0 Å². The molecule has 1 aromatic rings.